The van der Waals surface area contributed by atoms with Crippen LogP contribution in [-0.4, -0.2) is 44.4 Å². The first kappa shape index (κ1) is 21.8. The molecule has 1 saturated heterocycles. The van der Waals surface area contributed by atoms with Gasteiger partial charge in [0.2, 0.25) is 0 Å². The number of ether oxygens (including phenoxy) is 2. The highest BCUT2D eigenvalue weighted by molar-refractivity contribution is 9.10. The Morgan fingerprint density at radius 2 is 2.00 bits per heavy atom. The number of hydrogen-bond donors (Lipinski definition) is 2. The van der Waals surface area contributed by atoms with E-state index in [-0.39, 0.29) is 11.0 Å². The monoisotopic (exact) mass is 497 g/mol. The van der Waals surface area contributed by atoms with E-state index < -0.39 is 0 Å². The Balaban J connectivity index is 1.68. The predicted molar refractivity (Wildman–Crippen MR) is 124 cm³/mol. The van der Waals surface area contributed by atoms with Crippen molar-refractivity contribution in [3.63, 3.8) is 0 Å². The lowest BCUT2D eigenvalue weighted by atomic mass is 10.1. The molecule has 0 spiro atoms. The molecule has 29 heavy (non-hydrogen) atoms. The Hall–Kier alpha value is -1.87. The number of hydrogen-bond acceptors (Lipinski definition) is 5. The molecule has 1 aliphatic heterocycles. The number of methoxy groups -OCH3 is 1. The van der Waals surface area contributed by atoms with Crippen molar-refractivity contribution < 1.29 is 14.3 Å². The molecule has 0 unspecified atom stereocenters. The van der Waals surface area contributed by atoms with E-state index in [2.05, 4.69) is 31.5 Å². The lowest BCUT2D eigenvalue weighted by molar-refractivity contribution is 0.0974. The lowest BCUT2D eigenvalue weighted by Gasteiger charge is -2.29. The van der Waals surface area contributed by atoms with E-state index in [1.807, 2.05) is 25.1 Å². The Morgan fingerprint density at radius 3 is 2.66 bits per heavy atom. The fourth-order valence-corrected chi connectivity index (χ4v) is 4.23. The molecule has 6 nitrogen and oxygen atoms in total. The molecule has 154 valence electrons. The van der Waals surface area contributed by atoms with E-state index in [0.717, 1.165) is 28.8 Å². The third kappa shape index (κ3) is 5.39. The standard InChI is InChI=1S/C20H21BrClN3O3S/c1-12-9-13(21)10-15(18(12)27-2)19(26)24-20(29)23-14-3-4-17(16(22)11-14)25-5-7-28-8-6-25/h3-4,9-11H,5-8H2,1-2H3,(H2,23,24,26,29). The minimum atomic E-state index is -0.361. The molecule has 1 aliphatic rings. The van der Waals surface area contributed by atoms with Gasteiger partial charge in [0, 0.05) is 23.2 Å². The van der Waals surface area contributed by atoms with Gasteiger partial charge in [0.15, 0.2) is 5.11 Å². The molecular formula is C20H21BrClN3O3S. The van der Waals surface area contributed by atoms with Gasteiger partial charge in [-0.1, -0.05) is 27.5 Å². The van der Waals surface area contributed by atoms with Gasteiger partial charge in [-0.3, -0.25) is 10.1 Å². The maximum absolute atomic E-state index is 12.7. The van der Waals surface area contributed by atoms with Crippen LogP contribution in [0.2, 0.25) is 5.02 Å². The Kier molecular flexibility index (Phi) is 7.34. The second-order valence-corrected chi connectivity index (χ2v) is 8.21. The Bertz CT molecular complexity index is 935. The maximum atomic E-state index is 12.7. The molecule has 0 radical (unpaired) electrons. The quantitative estimate of drug-likeness (QED) is 0.610. The van der Waals surface area contributed by atoms with Crippen molar-refractivity contribution in [2.75, 3.05) is 43.6 Å². The molecule has 3 rings (SSSR count). The molecular weight excluding hydrogens is 478 g/mol. The van der Waals surface area contributed by atoms with Crippen molar-refractivity contribution in [3.8, 4) is 5.75 Å². The summed E-state index contributed by atoms with van der Waals surface area (Å²) in [6, 6.07) is 9.16. The smallest absolute Gasteiger partial charge is 0.261 e. The molecule has 2 aromatic rings. The Labute approximate surface area is 188 Å². The maximum Gasteiger partial charge on any atom is 0.261 e. The van der Waals surface area contributed by atoms with Crippen LogP contribution in [0.3, 0.4) is 0 Å². The van der Waals surface area contributed by atoms with Gasteiger partial charge in [0.05, 0.1) is 36.6 Å². The van der Waals surface area contributed by atoms with Gasteiger partial charge in [0.1, 0.15) is 5.75 Å². The van der Waals surface area contributed by atoms with Gasteiger partial charge in [-0.2, -0.15) is 0 Å². The number of nitrogens with one attached hydrogen (secondary N) is 2. The molecule has 1 heterocycles. The minimum absolute atomic E-state index is 0.171. The lowest BCUT2D eigenvalue weighted by Crippen LogP contribution is -2.36. The van der Waals surface area contributed by atoms with Crippen molar-refractivity contribution in [1.82, 2.24) is 5.32 Å². The number of thiocarbonyl (C=S) groups is 1. The van der Waals surface area contributed by atoms with Crippen LogP contribution in [0.1, 0.15) is 15.9 Å². The second-order valence-electron chi connectivity index (χ2n) is 6.48. The van der Waals surface area contributed by atoms with Crippen molar-refractivity contribution >= 4 is 62.1 Å². The van der Waals surface area contributed by atoms with E-state index in [9.17, 15) is 4.79 Å². The van der Waals surface area contributed by atoms with Crippen LogP contribution in [0.4, 0.5) is 11.4 Å². The summed E-state index contributed by atoms with van der Waals surface area (Å²) < 4.78 is 11.5. The van der Waals surface area contributed by atoms with Gasteiger partial charge in [-0.15, -0.1) is 0 Å². The predicted octanol–water partition coefficient (Wildman–Crippen LogP) is 4.38. The molecule has 0 aromatic heterocycles. The number of nitrogens with zero attached hydrogens (tertiary/aromatic N) is 1. The van der Waals surface area contributed by atoms with Gasteiger partial charge >= 0.3 is 0 Å². The zero-order valence-electron chi connectivity index (χ0n) is 16.1. The number of amides is 1. The fourth-order valence-electron chi connectivity index (χ4n) is 3.15. The van der Waals surface area contributed by atoms with E-state index >= 15 is 0 Å². The normalized spacial score (nSPS) is 13.7. The van der Waals surface area contributed by atoms with Crippen molar-refractivity contribution in [2.24, 2.45) is 0 Å². The summed E-state index contributed by atoms with van der Waals surface area (Å²) in [5.41, 5.74) is 2.88. The molecule has 0 saturated carbocycles. The van der Waals surface area contributed by atoms with Gasteiger partial charge < -0.3 is 19.7 Å². The number of aryl methyl sites for hydroxylation is 1. The molecule has 0 bridgehead atoms. The summed E-state index contributed by atoms with van der Waals surface area (Å²) in [7, 11) is 1.53. The molecule has 0 aliphatic carbocycles. The van der Waals surface area contributed by atoms with Crippen LogP contribution in [-0.2, 0) is 4.74 Å². The third-order valence-electron chi connectivity index (χ3n) is 4.47. The highest BCUT2D eigenvalue weighted by atomic mass is 79.9. The van der Waals surface area contributed by atoms with Crippen LogP contribution in [0.5, 0.6) is 5.75 Å². The molecule has 9 heteroatoms. The van der Waals surface area contributed by atoms with Crippen LogP contribution in [0.25, 0.3) is 0 Å². The molecule has 2 aromatic carbocycles. The minimum Gasteiger partial charge on any atom is -0.496 e. The van der Waals surface area contributed by atoms with Gasteiger partial charge in [-0.05, 0) is 55.0 Å². The summed E-state index contributed by atoms with van der Waals surface area (Å²) in [6.07, 6.45) is 0. The van der Waals surface area contributed by atoms with Crippen molar-refractivity contribution in [3.05, 3.63) is 51.0 Å². The second kappa shape index (κ2) is 9.75. The number of halogens is 2. The van der Waals surface area contributed by atoms with E-state index in [4.69, 9.17) is 33.3 Å². The first-order valence-electron chi connectivity index (χ1n) is 8.97. The topological polar surface area (TPSA) is 62.8 Å². The number of benzene rings is 2. The van der Waals surface area contributed by atoms with Crippen LogP contribution >= 0.6 is 39.7 Å². The molecule has 2 N–H and O–H groups in total. The first-order valence-corrected chi connectivity index (χ1v) is 10.6. The molecule has 1 fully saturated rings. The number of anilines is 2. The SMILES string of the molecule is COc1c(C)cc(Br)cc1C(=O)NC(=S)Nc1ccc(N2CCOCC2)c(Cl)c1. The fraction of sp³-hybridized carbons (Fsp3) is 0.300. The number of carbonyl (C=O) groups excluding carboxylic acids is 1. The largest absolute Gasteiger partial charge is 0.496 e. The average molecular weight is 499 g/mol. The highest BCUT2D eigenvalue weighted by Gasteiger charge is 2.18. The number of rotatable bonds is 4. The van der Waals surface area contributed by atoms with Crippen molar-refractivity contribution in [1.29, 1.82) is 0 Å². The summed E-state index contributed by atoms with van der Waals surface area (Å²) >= 11 is 15.1. The average Bonchev–Trinajstić information content (AvgIpc) is 2.68. The zero-order valence-corrected chi connectivity index (χ0v) is 19.2. The summed E-state index contributed by atoms with van der Waals surface area (Å²) in [6.45, 7) is 4.84. The Morgan fingerprint density at radius 1 is 1.28 bits per heavy atom. The van der Waals surface area contributed by atoms with Crippen LogP contribution in [0.15, 0.2) is 34.8 Å². The summed E-state index contributed by atoms with van der Waals surface area (Å²) in [5, 5.41) is 6.46. The van der Waals surface area contributed by atoms with E-state index in [0.29, 0.717) is 35.2 Å². The summed E-state index contributed by atoms with van der Waals surface area (Å²) in [5.74, 6) is 0.145. The van der Waals surface area contributed by atoms with Gasteiger partial charge in [0.25, 0.3) is 5.91 Å². The van der Waals surface area contributed by atoms with Crippen LogP contribution < -0.4 is 20.3 Å². The summed E-state index contributed by atoms with van der Waals surface area (Å²) in [4.78, 5) is 14.9. The number of carbonyl (C=O) groups is 1. The third-order valence-corrected chi connectivity index (χ3v) is 5.44. The van der Waals surface area contributed by atoms with Crippen LogP contribution in [0, 0.1) is 6.92 Å². The van der Waals surface area contributed by atoms with E-state index in [1.54, 1.807) is 12.1 Å². The van der Waals surface area contributed by atoms with Crippen molar-refractivity contribution in [2.45, 2.75) is 6.92 Å². The van der Waals surface area contributed by atoms with Gasteiger partial charge in [-0.25, -0.2) is 0 Å². The van der Waals surface area contributed by atoms with E-state index in [1.165, 1.54) is 7.11 Å². The molecule has 0 atom stereocenters. The number of morpholine rings is 1. The first-order chi connectivity index (χ1) is 13.9. The highest BCUT2D eigenvalue weighted by Crippen LogP contribution is 2.30. The zero-order chi connectivity index (χ0) is 21.0. The molecule has 1 amide bonds.